The van der Waals surface area contributed by atoms with Gasteiger partial charge in [-0.2, -0.15) is 0 Å². The third kappa shape index (κ3) is 4.33. The SMILES string of the molecule is COC(=O)Nc1ccc(OC(F)(F)F)cc1CCl. The lowest BCUT2D eigenvalue weighted by Gasteiger charge is -2.12. The molecule has 0 spiro atoms. The van der Waals surface area contributed by atoms with E-state index in [4.69, 9.17) is 11.6 Å². The predicted molar refractivity (Wildman–Crippen MR) is 58.7 cm³/mol. The molecule has 0 heterocycles. The molecule has 0 saturated carbocycles. The molecule has 0 fully saturated rings. The van der Waals surface area contributed by atoms with Crippen LogP contribution in [0, 0.1) is 0 Å². The van der Waals surface area contributed by atoms with Crippen LogP contribution in [0.25, 0.3) is 0 Å². The van der Waals surface area contributed by atoms with Gasteiger partial charge in [0.1, 0.15) is 5.75 Å². The molecule has 1 N–H and O–H groups in total. The molecule has 1 rings (SSSR count). The Balaban J connectivity index is 2.93. The molecule has 18 heavy (non-hydrogen) atoms. The maximum Gasteiger partial charge on any atom is 0.573 e. The lowest BCUT2D eigenvalue weighted by Crippen LogP contribution is -2.17. The second-order valence-corrected chi connectivity index (χ2v) is 3.38. The summed E-state index contributed by atoms with van der Waals surface area (Å²) in [5.74, 6) is -0.498. The minimum absolute atomic E-state index is 0.0889. The van der Waals surface area contributed by atoms with Crippen LogP contribution in [0.1, 0.15) is 5.56 Å². The first kappa shape index (κ1) is 14.4. The van der Waals surface area contributed by atoms with Crippen molar-refractivity contribution in [2.24, 2.45) is 0 Å². The van der Waals surface area contributed by atoms with E-state index < -0.39 is 18.2 Å². The number of hydrogen-bond donors (Lipinski definition) is 1. The molecule has 1 amide bonds. The van der Waals surface area contributed by atoms with Gasteiger partial charge in [0, 0.05) is 11.6 Å². The Morgan fingerprint density at radius 2 is 2.11 bits per heavy atom. The number of ether oxygens (including phenoxy) is 2. The molecule has 0 unspecified atom stereocenters. The van der Waals surface area contributed by atoms with Gasteiger partial charge in [-0.15, -0.1) is 24.8 Å². The van der Waals surface area contributed by atoms with Gasteiger partial charge < -0.3 is 9.47 Å². The minimum Gasteiger partial charge on any atom is -0.453 e. The number of carbonyl (C=O) groups excluding carboxylic acids is 1. The maximum absolute atomic E-state index is 12.0. The second-order valence-electron chi connectivity index (χ2n) is 3.12. The van der Waals surface area contributed by atoms with Crippen molar-refractivity contribution in [2.45, 2.75) is 12.2 Å². The van der Waals surface area contributed by atoms with E-state index >= 15 is 0 Å². The van der Waals surface area contributed by atoms with Crippen molar-refractivity contribution in [2.75, 3.05) is 12.4 Å². The van der Waals surface area contributed by atoms with Crippen molar-refractivity contribution in [3.63, 3.8) is 0 Å². The van der Waals surface area contributed by atoms with Gasteiger partial charge in [-0.1, -0.05) is 0 Å². The quantitative estimate of drug-likeness (QED) is 0.864. The van der Waals surface area contributed by atoms with Crippen molar-refractivity contribution in [1.29, 1.82) is 0 Å². The highest BCUT2D eigenvalue weighted by atomic mass is 35.5. The summed E-state index contributed by atoms with van der Waals surface area (Å²) >= 11 is 5.57. The number of nitrogens with one attached hydrogen (secondary N) is 1. The fourth-order valence-corrected chi connectivity index (χ4v) is 1.38. The standard InChI is InChI=1S/C10H9ClF3NO3/c1-17-9(16)15-8-3-2-7(4-6(8)5-11)18-10(12,13)14/h2-4H,5H2,1H3,(H,15,16). The summed E-state index contributed by atoms with van der Waals surface area (Å²) in [5, 5.41) is 2.32. The van der Waals surface area contributed by atoms with Gasteiger partial charge in [0.05, 0.1) is 7.11 Å². The average molecular weight is 284 g/mol. The van der Waals surface area contributed by atoms with E-state index in [1.54, 1.807) is 0 Å². The van der Waals surface area contributed by atoms with Crippen molar-refractivity contribution in [3.8, 4) is 5.75 Å². The van der Waals surface area contributed by atoms with Gasteiger partial charge in [-0.3, -0.25) is 5.32 Å². The molecule has 0 aliphatic rings. The van der Waals surface area contributed by atoms with E-state index in [0.717, 1.165) is 19.2 Å². The van der Waals surface area contributed by atoms with Gasteiger partial charge in [0.2, 0.25) is 0 Å². The molecule has 4 nitrogen and oxygen atoms in total. The van der Waals surface area contributed by atoms with E-state index in [1.165, 1.54) is 6.07 Å². The highest BCUT2D eigenvalue weighted by molar-refractivity contribution is 6.17. The third-order valence-electron chi connectivity index (χ3n) is 1.88. The monoisotopic (exact) mass is 283 g/mol. The summed E-state index contributed by atoms with van der Waals surface area (Å²) < 4.78 is 44.1. The molecule has 8 heteroatoms. The van der Waals surface area contributed by atoms with Crippen LogP contribution < -0.4 is 10.1 Å². The Hall–Kier alpha value is -1.63. The average Bonchev–Trinajstić information content (AvgIpc) is 2.28. The molecule has 0 aliphatic heterocycles. The summed E-state index contributed by atoms with van der Waals surface area (Å²) in [6, 6.07) is 3.40. The van der Waals surface area contributed by atoms with Crippen LogP contribution in [0.2, 0.25) is 0 Å². The molecule has 0 aromatic heterocycles. The highest BCUT2D eigenvalue weighted by Crippen LogP contribution is 2.28. The van der Waals surface area contributed by atoms with Crippen LogP contribution in [0.5, 0.6) is 5.75 Å². The fraction of sp³-hybridized carbons (Fsp3) is 0.300. The van der Waals surface area contributed by atoms with Crippen LogP contribution >= 0.6 is 11.6 Å². The molecule has 1 aromatic carbocycles. The summed E-state index contributed by atoms with van der Waals surface area (Å²) in [6.07, 6.45) is -5.52. The van der Waals surface area contributed by atoms with Crippen LogP contribution in [0.3, 0.4) is 0 Å². The van der Waals surface area contributed by atoms with E-state index in [2.05, 4.69) is 14.8 Å². The highest BCUT2D eigenvalue weighted by Gasteiger charge is 2.31. The van der Waals surface area contributed by atoms with E-state index in [9.17, 15) is 18.0 Å². The number of rotatable bonds is 3. The number of alkyl halides is 4. The molecule has 0 bridgehead atoms. The second kappa shape index (κ2) is 5.81. The van der Waals surface area contributed by atoms with Crippen molar-refractivity contribution in [1.82, 2.24) is 0 Å². The van der Waals surface area contributed by atoms with Gasteiger partial charge in [-0.25, -0.2) is 4.79 Å². The van der Waals surface area contributed by atoms with Crippen LogP contribution in [0.15, 0.2) is 18.2 Å². The van der Waals surface area contributed by atoms with Gasteiger partial charge in [0.25, 0.3) is 0 Å². The number of anilines is 1. The van der Waals surface area contributed by atoms with Crippen molar-refractivity contribution in [3.05, 3.63) is 23.8 Å². The van der Waals surface area contributed by atoms with Gasteiger partial charge in [-0.05, 0) is 23.8 Å². The molecule has 1 aromatic rings. The van der Waals surface area contributed by atoms with E-state index in [0.29, 0.717) is 0 Å². The molecular weight excluding hydrogens is 275 g/mol. The number of amides is 1. The summed E-state index contributed by atoms with van der Waals surface area (Å²) in [7, 11) is 1.16. The molecule has 0 atom stereocenters. The first-order valence-corrected chi connectivity index (χ1v) is 5.19. The lowest BCUT2D eigenvalue weighted by molar-refractivity contribution is -0.274. The van der Waals surface area contributed by atoms with E-state index in [1.807, 2.05) is 0 Å². The fourth-order valence-electron chi connectivity index (χ4n) is 1.16. The zero-order valence-corrected chi connectivity index (χ0v) is 9.93. The first-order chi connectivity index (χ1) is 8.35. The number of carbonyl (C=O) groups is 1. The predicted octanol–water partition coefficient (Wildman–Crippen LogP) is 3.50. The molecule has 0 radical (unpaired) electrons. The Morgan fingerprint density at radius 1 is 1.44 bits per heavy atom. The minimum atomic E-state index is -4.78. The number of hydrogen-bond acceptors (Lipinski definition) is 3. The summed E-state index contributed by atoms with van der Waals surface area (Å²) in [6.45, 7) is 0. The molecule has 100 valence electrons. The summed E-state index contributed by atoms with van der Waals surface area (Å²) in [4.78, 5) is 11.0. The van der Waals surface area contributed by atoms with Crippen molar-refractivity contribution >= 4 is 23.4 Å². The largest absolute Gasteiger partial charge is 0.573 e. The number of benzene rings is 1. The van der Waals surface area contributed by atoms with Crippen LogP contribution in [-0.2, 0) is 10.6 Å². The smallest absolute Gasteiger partial charge is 0.453 e. The Bertz CT molecular complexity index is 437. The van der Waals surface area contributed by atoms with E-state index in [-0.39, 0.29) is 17.1 Å². The molecule has 0 saturated heterocycles. The van der Waals surface area contributed by atoms with Gasteiger partial charge in [0.15, 0.2) is 0 Å². The Kier molecular flexibility index (Phi) is 4.66. The zero-order chi connectivity index (χ0) is 13.8. The molecule has 0 aliphatic carbocycles. The Labute approximate surface area is 106 Å². The molecular formula is C10H9ClF3NO3. The topological polar surface area (TPSA) is 47.6 Å². The van der Waals surface area contributed by atoms with Crippen molar-refractivity contribution < 1.29 is 27.4 Å². The van der Waals surface area contributed by atoms with Crippen LogP contribution in [-0.4, -0.2) is 19.6 Å². The maximum atomic E-state index is 12.0. The Morgan fingerprint density at radius 3 is 2.61 bits per heavy atom. The first-order valence-electron chi connectivity index (χ1n) is 4.65. The summed E-state index contributed by atoms with van der Waals surface area (Å²) in [5.41, 5.74) is 0.537. The van der Waals surface area contributed by atoms with Crippen LogP contribution in [0.4, 0.5) is 23.7 Å². The number of halogens is 4. The normalized spacial score (nSPS) is 10.9. The third-order valence-corrected chi connectivity index (χ3v) is 2.16. The zero-order valence-electron chi connectivity index (χ0n) is 9.18. The lowest BCUT2D eigenvalue weighted by atomic mass is 10.2. The number of methoxy groups -OCH3 is 1. The van der Waals surface area contributed by atoms with Gasteiger partial charge >= 0.3 is 12.5 Å².